The van der Waals surface area contributed by atoms with Crippen LogP contribution in [0.5, 0.6) is 0 Å². The van der Waals surface area contributed by atoms with E-state index < -0.39 is 0 Å². The Kier molecular flexibility index (Phi) is 6.00. The molecule has 2 aromatic rings. The molecule has 138 valence electrons. The SMILES string of the molecule is Cn1cnnc1SCCNC(=O)CN1CCN(c2cccc(Cl)c2)C1=O. The zero-order valence-corrected chi connectivity index (χ0v) is 15.8. The molecule has 0 saturated carbocycles. The van der Waals surface area contributed by atoms with Gasteiger partial charge in [0.1, 0.15) is 12.9 Å². The Hall–Kier alpha value is -2.26. The highest BCUT2D eigenvalue weighted by Gasteiger charge is 2.30. The second kappa shape index (κ2) is 8.41. The van der Waals surface area contributed by atoms with Crippen molar-refractivity contribution in [2.24, 2.45) is 7.05 Å². The minimum atomic E-state index is -0.184. The van der Waals surface area contributed by atoms with E-state index in [1.165, 1.54) is 16.7 Å². The first-order valence-corrected chi connectivity index (χ1v) is 9.46. The lowest BCUT2D eigenvalue weighted by molar-refractivity contribution is -0.121. The summed E-state index contributed by atoms with van der Waals surface area (Å²) in [5.41, 5.74) is 0.741. The summed E-state index contributed by atoms with van der Waals surface area (Å²) in [7, 11) is 1.87. The van der Waals surface area contributed by atoms with Gasteiger partial charge in [-0.1, -0.05) is 29.4 Å². The van der Waals surface area contributed by atoms with Crippen LogP contribution in [-0.2, 0) is 11.8 Å². The molecular weight excluding hydrogens is 376 g/mol. The van der Waals surface area contributed by atoms with Crippen LogP contribution in [0.1, 0.15) is 0 Å². The monoisotopic (exact) mass is 394 g/mol. The Labute approximate surface area is 160 Å². The molecule has 1 N–H and O–H groups in total. The van der Waals surface area contributed by atoms with Crippen LogP contribution in [0.15, 0.2) is 35.7 Å². The number of carbonyl (C=O) groups is 2. The number of anilines is 1. The summed E-state index contributed by atoms with van der Waals surface area (Å²) in [6.45, 7) is 1.59. The van der Waals surface area contributed by atoms with Crippen molar-refractivity contribution in [2.45, 2.75) is 5.16 Å². The number of hydrogen-bond acceptors (Lipinski definition) is 5. The van der Waals surface area contributed by atoms with E-state index in [1.54, 1.807) is 29.4 Å². The first-order chi connectivity index (χ1) is 12.5. The average molecular weight is 395 g/mol. The van der Waals surface area contributed by atoms with E-state index in [9.17, 15) is 9.59 Å². The summed E-state index contributed by atoms with van der Waals surface area (Å²) in [6.07, 6.45) is 1.63. The first-order valence-electron chi connectivity index (χ1n) is 8.10. The summed E-state index contributed by atoms with van der Waals surface area (Å²) < 4.78 is 1.82. The van der Waals surface area contributed by atoms with E-state index in [0.29, 0.717) is 30.4 Å². The highest BCUT2D eigenvalue weighted by molar-refractivity contribution is 7.99. The Morgan fingerprint density at radius 1 is 1.38 bits per heavy atom. The number of urea groups is 1. The molecular formula is C16H19ClN6O2S. The van der Waals surface area contributed by atoms with Gasteiger partial charge in [-0.25, -0.2) is 4.79 Å². The number of halogens is 1. The molecule has 1 aliphatic rings. The Balaban J connectivity index is 1.43. The molecule has 10 heteroatoms. The summed E-state index contributed by atoms with van der Waals surface area (Å²) in [4.78, 5) is 27.7. The van der Waals surface area contributed by atoms with Crippen LogP contribution in [0.3, 0.4) is 0 Å². The molecule has 0 radical (unpaired) electrons. The molecule has 1 aliphatic heterocycles. The molecule has 1 aromatic heterocycles. The molecule has 8 nitrogen and oxygen atoms in total. The number of nitrogens with one attached hydrogen (secondary N) is 1. The van der Waals surface area contributed by atoms with Gasteiger partial charge in [0.05, 0.1) is 0 Å². The van der Waals surface area contributed by atoms with Gasteiger partial charge in [0.2, 0.25) is 5.91 Å². The van der Waals surface area contributed by atoms with E-state index >= 15 is 0 Å². The molecule has 0 bridgehead atoms. The molecule has 1 fully saturated rings. The van der Waals surface area contributed by atoms with Crippen LogP contribution in [0, 0.1) is 0 Å². The van der Waals surface area contributed by atoms with Gasteiger partial charge in [-0.05, 0) is 18.2 Å². The predicted octanol–water partition coefficient (Wildman–Crippen LogP) is 1.62. The lowest BCUT2D eigenvalue weighted by Gasteiger charge is -2.18. The molecule has 1 aromatic carbocycles. The predicted molar refractivity (Wildman–Crippen MR) is 101 cm³/mol. The summed E-state index contributed by atoms with van der Waals surface area (Å²) in [6, 6.07) is 6.95. The van der Waals surface area contributed by atoms with Gasteiger partial charge < -0.3 is 14.8 Å². The topological polar surface area (TPSA) is 83.4 Å². The van der Waals surface area contributed by atoms with E-state index in [0.717, 1.165) is 10.8 Å². The molecule has 3 rings (SSSR count). The van der Waals surface area contributed by atoms with Gasteiger partial charge in [0.15, 0.2) is 5.16 Å². The van der Waals surface area contributed by atoms with E-state index in [-0.39, 0.29) is 18.5 Å². The van der Waals surface area contributed by atoms with Gasteiger partial charge in [-0.3, -0.25) is 9.69 Å². The van der Waals surface area contributed by atoms with Gasteiger partial charge in [-0.2, -0.15) is 0 Å². The number of aromatic nitrogens is 3. The first kappa shape index (κ1) is 18.5. The number of thioether (sulfide) groups is 1. The van der Waals surface area contributed by atoms with E-state index in [1.807, 2.05) is 17.7 Å². The fraction of sp³-hybridized carbons (Fsp3) is 0.375. The van der Waals surface area contributed by atoms with Crippen LogP contribution >= 0.6 is 23.4 Å². The second-order valence-corrected chi connectivity index (χ2v) is 7.26. The third-order valence-corrected chi connectivity index (χ3v) is 5.15. The average Bonchev–Trinajstić information content (AvgIpc) is 3.18. The molecule has 1 saturated heterocycles. The van der Waals surface area contributed by atoms with Crippen LogP contribution in [0.2, 0.25) is 5.02 Å². The normalized spacial score (nSPS) is 14.2. The van der Waals surface area contributed by atoms with Crippen LogP contribution in [-0.4, -0.2) is 63.5 Å². The van der Waals surface area contributed by atoms with Gasteiger partial charge >= 0.3 is 6.03 Å². The minimum Gasteiger partial charge on any atom is -0.354 e. The summed E-state index contributed by atoms with van der Waals surface area (Å²) in [5, 5.41) is 12.0. The van der Waals surface area contributed by atoms with Crippen molar-refractivity contribution in [3.8, 4) is 0 Å². The number of amides is 3. The fourth-order valence-electron chi connectivity index (χ4n) is 2.58. The van der Waals surface area contributed by atoms with Crippen molar-refractivity contribution in [2.75, 3.05) is 36.8 Å². The lowest BCUT2D eigenvalue weighted by atomic mass is 10.3. The summed E-state index contributed by atoms with van der Waals surface area (Å²) >= 11 is 7.49. The highest BCUT2D eigenvalue weighted by Crippen LogP contribution is 2.23. The Morgan fingerprint density at radius 3 is 2.96 bits per heavy atom. The van der Waals surface area contributed by atoms with E-state index in [4.69, 9.17) is 11.6 Å². The Morgan fingerprint density at radius 2 is 2.23 bits per heavy atom. The number of carbonyl (C=O) groups excluding carboxylic acids is 2. The minimum absolute atomic E-state index is 0.0462. The largest absolute Gasteiger partial charge is 0.354 e. The van der Waals surface area contributed by atoms with Crippen molar-refractivity contribution in [1.29, 1.82) is 0 Å². The number of benzene rings is 1. The van der Waals surface area contributed by atoms with Crippen molar-refractivity contribution in [3.63, 3.8) is 0 Å². The number of rotatable bonds is 7. The quantitative estimate of drug-likeness (QED) is 0.570. The Bertz CT molecular complexity index is 799. The third-order valence-electron chi connectivity index (χ3n) is 3.87. The molecule has 26 heavy (non-hydrogen) atoms. The van der Waals surface area contributed by atoms with Crippen molar-refractivity contribution >= 4 is 41.0 Å². The van der Waals surface area contributed by atoms with Crippen LogP contribution < -0.4 is 10.2 Å². The molecule has 2 heterocycles. The number of nitrogens with zero attached hydrogens (tertiary/aromatic N) is 5. The molecule has 0 atom stereocenters. The molecule has 3 amide bonds. The maximum Gasteiger partial charge on any atom is 0.325 e. The zero-order chi connectivity index (χ0) is 18.5. The van der Waals surface area contributed by atoms with Crippen LogP contribution in [0.25, 0.3) is 0 Å². The van der Waals surface area contributed by atoms with Crippen molar-refractivity contribution < 1.29 is 9.59 Å². The maximum absolute atomic E-state index is 12.5. The lowest BCUT2D eigenvalue weighted by Crippen LogP contribution is -2.40. The molecule has 0 aliphatic carbocycles. The third kappa shape index (κ3) is 4.47. The van der Waals surface area contributed by atoms with Gasteiger partial charge in [0, 0.05) is 43.1 Å². The standard InChI is InChI=1S/C16H19ClN6O2S/c1-21-11-19-20-15(21)26-8-5-18-14(24)10-22-6-7-23(16(22)25)13-4-2-3-12(17)9-13/h2-4,9,11H,5-8,10H2,1H3,(H,18,24). The number of aryl methyl sites for hydroxylation is 1. The summed E-state index contributed by atoms with van der Waals surface area (Å²) in [5.74, 6) is 0.505. The van der Waals surface area contributed by atoms with Gasteiger partial charge in [0.25, 0.3) is 0 Å². The highest BCUT2D eigenvalue weighted by atomic mass is 35.5. The molecule has 0 spiro atoms. The zero-order valence-electron chi connectivity index (χ0n) is 14.3. The smallest absolute Gasteiger partial charge is 0.325 e. The fourth-order valence-corrected chi connectivity index (χ4v) is 3.51. The van der Waals surface area contributed by atoms with Crippen molar-refractivity contribution in [1.82, 2.24) is 25.0 Å². The van der Waals surface area contributed by atoms with E-state index in [2.05, 4.69) is 15.5 Å². The van der Waals surface area contributed by atoms with Gasteiger partial charge in [-0.15, -0.1) is 10.2 Å². The van der Waals surface area contributed by atoms with Crippen LogP contribution in [0.4, 0.5) is 10.5 Å². The molecule has 0 unspecified atom stereocenters. The number of hydrogen-bond donors (Lipinski definition) is 1. The second-order valence-electron chi connectivity index (χ2n) is 5.76. The maximum atomic E-state index is 12.5. The van der Waals surface area contributed by atoms with Crippen molar-refractivity contribution in [3.05, 3.63) is 35.6 Å².